The second-order valence-corrected chi connectivity index (χ2v) is 6.51. The summed E-state index contributed by atoms with van der Waals surface area (Å²) in [5, 5.41) is 12.0. The lowest BCUT2D eigenvalue weighted by Gasteiger charge is -2.42. The van der Waals surface area contributed by atoms with Crippen molar-refractivity contribution in [3.05, 3.63) is 39.6 Å². The lowest BCUT2D eigenvalue weighted by molar-refractivity contribution is -0.384. The molecule has 1 aromatic heterocycles. The molecule has 2 aliphatic heterocycles. The highest BCUT2D eigenvalue weighted by Gasteiger charge is 2.42. The first-order valence-corrected chi connectivity index (χ1v) is 8.21. The van der Waals surface area contributed by atoms with Crippen LogP contribution in [0, 0.1) is 16.0 Å². The summed E-state index contributed by atoms with van der Waals surface area (Å²) in [6.45, 7) is 1.86. The number of carbonyl (C=O) groups is 1. The van der Waals surface area contributed by atoms with Gasteiger partial charge in [-0.25, -0.2) is 0 Å². The zero-order chi connectivity index (χ0) is 16.8. The first-order valence-electron chi connectivity index (χ1n) is 8.21. The third kappa shape index (κ3) is 2.19. The number of carbonyl (C=O) groups excluding carboxylic acids is 1. The van der Waals surface area contributed by atoms with Crippen LogP contribution < -0.4 is 0 Å². The van der Waals surface area contributed by atoms with Gasteiger partial charge < -0.3 is 9.72 Å². The Morgan fingerprint density at radius 1 is 1.42 bits per heavy atom. The molecular weight excluding hydrogens is 310 g/mol. The molecule has 7 heteroatoms. The number of nitro benzene ring substituents is 1. The monoisotopic (exact) mass is 329 g/mol. The molecule has 0 aliphatic carbocycles. The molecule has 7 nitrogen and oxygen atoms in total. The van der Waals surface area contributed by atoms with Crippen molar-refractivity contribution in [3.63, 3.8) is 0 Å². The van der Waals surface area contributed by atoms with Crippen LogP contribution in [-0.4, -0.2) is 41.0 Å². The van der Waals surface area contributed by atoms with Gasteiger partial charge in [0.15, 0.2) is 0 Å². The third-order valence-corrected chi connectivity index (χ3v) is 5.32. The summed E-state index contributed by atoms with van der Waals surface area (Å²) in [4.78, 5) is 28.6. The topological polar surface area (TPSA) is 88.5 Å². The molecule has 0 spiro atoms. The van der Waals surface area contributed by atoms with E-state index in [1.165, 1.54) is 12.7 Å². The van der Waals surface area contributed by atoms with Crippen LogP contribution in [-0.2, 0) is 16.0 Å². The van der Waals surface area contributed by atoms with E-state index in [2.05, 4.69) is 9.88 Å². The van der Waals surface area contributed by atoms with Gasteiger partial charge in [-0.2, -0.15) is 0 Å². The number of hydrogen-bond acceptors (Lipinski definition) is 5. The summed E-state index contributed by atoms with van der Waals surface area (Å²) in [6, 6.07) is 4.91. The maximum atomic E-state index is 12.2. The van der Waals surface area contributed by atoms with Crippen LogP contribution in [0.2, 0.25) is 0 Å². The Labute approximate surface area is 138 Å². The Kier molecular flexibility index (Phi) is 3.53. The summed E-state index contributed by atoms with van der Waals surface area (Å²) in [5.41, 5.74) is 3.04. The van der Waals surface area contributed by atoms with E-state index in [1.807, 2.05) is 6.07 Å². The number of fused-ring (bicyclic) bond motifs is 5. The fourth-order valence-electron chi connectivity index (χ4n) is 4.25. The van der Waals surface area contributed by atoms with Gasteiger partial charge in [0.05, 0.1) is 29.5 Å². The minimum Gasteiger partial charge on any atom is -0.469 e. The van der Waals surface area contributed by atoms with E-state index in [1.54, 1.807) is 12.1 Å². The van der Waals surface area contributed by atoms with Crippen molar-refractivity contribution in [2.75, 3.05) is 20.2 Å². The van der Waals surface area contributed by atoms with Gasteiger partial charge in [-0.1, -0.05) is 0 Å². The number of benzene rings is 1. The zero-order valence-electron chi connectivity index (χ0n) is 13.4. The fourth-order valence-corrected chi connectivity index (χ4v) is 4.25. The fraction of sp³-hybridized carbons (Fsp3) is 0.471. The summed E-state index contributed by atoms with van der Waals surface area (Å²) < 4.78 is 5.01. The molecule has 2 aromatic rings. The maximum Gasteiger partial charge on any atom is 0.310 e. The second-order valence-electron chi connectivity index (χ2n) is 6.51. The van der Waals surface area contributed by atoms with Crippen LogP contribution >= 0.6 is 0 Å². The molecule has 0 amide bonds. The summed E-state index contributed by atoms with van der Waals surface area (Å²) in [5.74, 6) is -0.368. The zero-order valence-corrected chi connectivity index (χ0v) is 13.4. The lowest BCUT2D eigenvalue weighted by Crippen LogP contribution is -2.45. The first-order chi connectivity index (χ1) is 11.6. The SMILES string of the molecule is COC(=O)[C@H]1CCCN2CCc3c([nH]c4cc([N+](=O)[O-])ccc34)[C@H]12. The van der Waals surface area contributed by atoms with Gasteiger partial charge in [-0.05, 0) is 37.4 Å². The molecule has 1 aromatic carbocycles. The number of methoxy groups -OCH3 is 1. The highest BCUT2D eigenvalue weighted by atomic mass is 16.6. The molecule has 0 bridgehead atoms. The molecule has 2 atom stereocenters. The summed E-state index contributed by atoms with van der Waals surface area (Å²) in [6.07, 6.45) is 2.68. The Balaban J connectivity index is 1.84. The third-order valence-electron chi connectivity index (χ3n) is 5.32. The van der Waals surface area contributed by atoms with E-state index < -0.39 is 0 Å². The molecule has 0 radical (unpaired) electrons. The molecule has 4 rings (SSSR count). The second kappa shape index (κ2) is 5.59. The number of esters is 1. The van der Waals surface area contributed by atoms with Gasteiger partial charge in [0.2, 0.25) is 0 Å². The minimum atomic E-state index is -0.385. The molecular formula is C17H19N3O4. The van der Waals surface area contributed by atoms with Crippen LogP contribution in [0.15, 0.2) is 18.2 Å². The molecule has 1 fully saturated rings. The number of hydrogen-bond donors (Lipinski definition) is 1. The van der Waals surface area contributed by atoms with E-state index >= 15 is 0 Å². The predicted molar refractivity (Wildman–Crippen MR) is 87.7 cm³/mol. The number of aromatic nitrogens is 1. The van der Waals surface area contributed by atoms with Crippen LogP contribution in [0.3, 0.4) is 0 Å². The van der Waals surface area contributed by atoms with Crippen molar-refractivity contribution in [2.45, 2.75) is 25.3 Å². The van der Waals surface area contributed by atoms with E-state index in [4.69, 9.17) is 4.74 Å². The average Bonchev–Trinajstić information content (AvgIpc) is 2.98. The van der Waals surface area contributed by atoms with E-state index in [0.29, 0.717) is 0 Å². The van der Waals surface area contributed by atoms with E-state index in [0.717, 1.165) is 48.9 Å². The number of piperidine rings is 1. The van der Waals surface area contributed by atoms with Gasteiger partial charge in [0.25, 0.3) is 5.69 Å². The van der Waals surface area contributed by atoms with Crippen molar-refractivity contribution in [1.82, 2.24) is 9.88 Å². The molecule has 0 saturated carbocycles. The number of rotatable bonds is 2. The lowest BCUT2D eigenvalue weighted by atomic mass is 9.82. The van der Waals surface area contributed by atoms with Crippen molar-refractivity contribution in [1.29, 1.82) is 0 Å². The van der Waals surface area contributed by atoms with E-state index in [9.17, 15) is 14.9 Å². The highest BCUT2D eigenvalue weighted by molar-refractivity contribution is 5.87. The highest BCUT2D eigenvalue weighted by Crippen LogP contribution is 2.43. The largest absolute Gasteiger partial charge is 0.469 e. The van der Waals surface area contributed by atoms with Crippen molar-refractivity contribution >= 4 is 22.6 Å². The number of aromatic amines is 1. The van der Waals surface area contributed by atoms with Crippen molar-refractivity contribution in [3.8, 4) is 0 Å². The molecule has 126 valence electrons. The molecule has 24 heavy (non-hydrogen) atoms. The Morgan fingerprint density at radius 2 is 2.25 bits per heavy atom. The standard InChI is InChI=1S/C17H19N3O4/c1-24-17(21)13-3-2-7-19-8-6-12-11-5-4-10(20(22)23)9-14(11)18-15(12)16(13)19/h4-5,9,13,16,18H,2-3,6-8H2,1H3/t13-,16-/m0/s1. The van der Waals surface area contributed by atoms with Gasteiger partial charge >= 0.3 is 5.97 Å². The average molecular weight is 329 g/mol. The minimum absolute atomic E-state index is 0.0265. The number of H-pyrrole nitrogens is 1. The molecule has 2 aliphatic rings. The van der Waals surface area contributed by atoms with Gasteiger partial charge in [0.1, 0.15) is 0 Å². The smallest absolute Gasteiger partial charge is 0.310 e. The number of nitrogens with one attached hydrogen (secondary N) is 1. The molecule has 1 N–H and O–H groups in total. The molecule has 1 saturated heterocycles. The van der Waals surface area contributed by atoms with Gasteiger partial charge in [-0.15, -0.1) is 0 Å². The Hall–Kier alpha value is -2.41. The van der Waals surface area contributed by atoms with Crippen LogP contribution in [0.5, 0.6) is 0 Å². The summed E-state index contributed by atoms with van der Waals surface area (Å²) in [7, 11) is 1.43. The van der Waals surface area contributed by atoms with E-state index in [-0.39, 0.29) is 28.5 Å². The molecule has 0 unspecified atom stereocenters. The number of nitrogens with zero attached hydrogens (tertiary/aromatic N) is 2. The quantitative estimate of drug-likeness (QED) is 0.520. The Bertz CT molecular complexity index is 829. The van der Waals surface area contributed by atoms with Crippen molar-refractivity contribution < 1.29 is 14.5 Å². The molecule has 3 heterocycles. The Morgan fingerprint density at radius 3 is 3.00 bits per heavy atom. The van der Waals surface area contributed by atoms with Crippen molar-refractivity contribution in [2.24, 2.45) is 5.92 Å². The van der Waals surface area contributed by atoms with Gasteiger partial charge in [-0.3, -0.25) is 19.8 Å². The number of non-ortho nitro benzene ring substituents is 1. The maximum absolute atomic E-state index is 12.2. The number of ether oxygens (including phenoxy) is 1. The predicted octanol–water partition coefficient (Wildman–Crippen LogP) is 2.56. The van der Waals surface area contributed by atoms with Crippen LogP contribution in [0.1, 0.15) is 30.1 Å². The summed E-state index contributed by atoms with van der Waals surface area (Å²) >= 11 is 0. The first kappa shape index (κ1) is 15.1. The van der Waals surface area contributed by atoms with Crippen LogP contribution in [0.4, 0.5) is 5.69 Å². The van der Waals surface area contributed by atoms with Gasteiger partial charge in [0, 0.05) is 29.8 Å². The number of nitro groups is 1. The normalized spacial score (nSPS) is 23.5. The van der Waals surface area contributed by atoms with Crippen LogP contribution in [0.25, 0.3) is 10.9 Å².